The zero-order valence-corrected chi connectivity index (χ0v) is 9.99. The first kappa shape index (κ1) is 12.8. The van der Waals surface area contributed by atoms with Gasteiger partial charge in [0.1, 0.15) is 11.9 Å². The average molecular weight is 261 g/mol. The SMILES string of the molecule is OC(Cc1ccc(Cl)cc1F)C1COCCO1. The smallest absolute Gasteiger partial charge is 0.127 e. The summed E-state index contributed by atoms with van der Waals surface area (Å²) in [6.07, 6.45) is -0.971. The van der Waals surface area contributed by atoms with Crippen LogP contribution in [-0.4, -0.2) is 37.1 Å². The van der Waals surface area contributed by atoms with Crippen LogP contribution in [0, 0.1) is 5.82 Å². The molecule has 1 fully saturated rings. The van der Waals surface area contributed by atoms with Crippen molar-refractivity contribution in [1.82, 2.24) is 0 Å². The van der Waals surface area contributed by atoms with Gasteiger partial charge in [-0.25, -0.2) is 4.39 Å². The Balaban J connectivity index is 1.99. The lowest BCUT2D eigenvalue weighted by molar-refractivity contribution is -0.131. The summed E-state index contributed by atoms with van der Waals surface area (Å²) in [7, 11) is 0. The Bertz CT molecular complexity index is 380. The van der Waals surface area contributed by atoms with Gasteiger partial charge in [0.2, 0.25) is 0 Å². The third-order valence-electron chi connectivity index (χ3n) is 2.72. The van der Waals surface area contributed by atoms with E-state index < -0.39 is 11.9 Å². The van der Waals surface area contributed by atoms with E-state index in [1.807, 2.05) is 0 Å². The van der Waals surface area contributed by atoms with Crippen LogP contribution in [0.2, 0.25) is 5.02 Å². The number of ether oxygens (including phenoxy) is 2. The van der Waals surface area contributed by atoms with E-state index in [1.54, 1.807) is 12.1 Å². The standard InChI is InChI=1S/C12H14ClFO3/c13-9-2-1-8(10(14)6-9)5-11(15)12-7-16-3-4-17-12/h1-2,6,11-12,15H,3-5,7H2. The molecule has 17 heavy (non-hydrogen) atoms. The molecule has 0 bridgehead atoms. The summed E-state index contributed by atoms with van der Waals surface area (Å²) in [5, 5.41) is 10.3. The molecule has 0 spiro atoms. The van der Waals surface area contributed by atoms with Gasteiger partial charge in [-0.2, -0.15) is 0 Å². The summed E-state index contributed by atoms with van der Waals surface area (Å²) in [5.74, 6) is -0.409. The highest BCUT2D eigenvalue weighted by Gasteiger charge is 2.24. The normalized spacial score (nSPS) is 22.4. The first-order valence-corrected chi connectivity index (χ1v) is 5.86. The van der Waals surface area contributed by atoms with E-state index in [2.05, 4.69) is 0 Å². The number of hydrogen-bond donors (Lipinski definition) is 1. The van der Waals surface area contributed by atoms with Gasteiger partial charge in [-0.15, -0.1) is 0 Å². The highest BCUT2D eigenvalue weighted by Crippen LogP contribution is 2.18. The fourth-order valence-corrected chi connectivity index (χ4v) is 1.93. The maximum Gasteiger partial charge on any atom is 0.127 e. The van der Waals surface area contributed by atoms with E-state index in [9.17, 15) is 9.50 Å². The molecule has 1 aromatic carbocycles. The maximum absolute atomic E-state index is 13.5. The topological polar surface area (TPSA) is 38.7 Å². The summed E-state index contributed by atoms with van der Waals surface area (Å²) < 4.78 is 24.1. The largest absolute Gasteiger partial charge is 0.390 e. The second-order valence-corrected chi connectivity index (χ2v) is 4.43. The molecule has 5 heteroatoms. The third kappa shape index (κ3) is 3.39. The van der Waals surface area contributed by atoms with Gasteiger partial charge in [-0.1, -0.05) is 17.7 Å². The van der Waals surface area contributed by atoms with Crippen LogP contribution in [0.3, 0.4) is 0 Å². The molecule has 2 rings (SSSR count). The van der Waals surface area contributed by atoms with Crippen molar-refractivity contribution in [2.24, 2.45) is 0 Å². The number of rotatable bonds is 3. The quantitative estimate of drug-likeness (QED) is 0.901. The predicted molar refractivity (Wildman–Crippen MR) is 61.7 cm³/mol. The van der Waals surface area contributed by atoms with E-state index in [0.29, 0.717) is 30.4 Å². The number of hydrogen-bond acceptors (Lipinski definition) is 3. The Kier molecular flexibility index (Phi) is 4.34. The van der Waals surface area contributed by atoms with Crippen molar-refractivity contribution in [2.75, 3.05) is 19.8 Å². The summed E-state index contributed by atoms with van der Waals surface area (Å²) in [6.45, 7) is 1.35. The van der Waals surface area contributed by atoms with Crippen molar-refractivity contribution >= 4 is 11.6 Å². The molecule has 0 saturated carbocycles. The van der Waals surface area contributed by atoms with Crippen LogP contribution in [-0.2, 0) is 15.9 Å². The van der Waals surface area contributed by atoms with E-state index in [-0.39, 0.29) is 12.5 Å². The number of aliphatic hydroxyl groups excluding tert-OH is 1. The summed E-state index contributed by atoms with van der Waals surface area (Å²) in [5.41, 5.74) is 0.427. The van der Waals surface area contributed by atoms with Crippen LogP contribution >= 0.6 is 11.6 Å². The van der Waals surface area contributed by atoms with Gasteiger partial charge < -0.3 is 14.6 Å². The molecule has 1 aliphatic rings. The van der Waals surface area contributed by atoms with Crippen LogP contribution in [0.15, 0.2) is 18.2 Å². The fraction of sp³-hybridized carbons (Fsp3) is 0.500. The highest BCUT2D eigenvalue weighted by molar-refractivity contribution is 6.30. The van der Waals surface area contributed by atoms with Crippen molar-refractivity contribution < 1.29 is 19.0 Å². The minimum atomic E-state index is -0.772. The highest BCUT2D eigenvalue weighted by atomic mass is 35.5. The van der Waals surface area contributed by atoms with Crippen molar-refractivity contribution in [3.05, 3.63) is 34.6 Å². The van der Waals surface area contributed by atoms with E-state index in [1.165, 1.54) is 6.07 Å². The molecule has 2 unspecified atom stereocenters. The van der Waals surface area contributed by atoms with Gasteiger partial charge in [0, 0.05) is 11.4 Å². The predicted octanol–water partition coefficient (Wildman–Crippen LogP) is 1.80. The molecule has 1 heterocycles. The number of halogens is 2. The zero-order valence-electron chi connectivity index (χ0n) is 9.23. The van der Waals surface area contributed by atoms with Gasteiger partial charge in [0.25, 0.3) is 0 Å². The second-order valence-electron chi connectivity index (χ2n) is 3.99. The Morgan fingerprint density at radius 1 is 1.47 bits per heavy atom. The van der Waals surface area contributed by atoms with Crippen molar-refractivity contribution in [3.63, 3.8) is 0 Å². The third-order valence-corrected chi connectivity index (χ3v) is 2.95. The molecule has 0 aliphatic carbocycles. The molecular weight excluding hydrogens is 247 g/mol. The lowest BCUT2D eigenvalue weighted by Crippen LogP contribution is -2.39. The van der Waals surface area contributed by atoms with Gasteiger partial charge in [0.15, 0.2) is 0 Å². The van der Waals surface area contributed by atoms with Crippen LogP contribution < -0.4 is 0 Å². The van der Waals surface area contributed by atoms with Crippen molar-refractivity contribution in [3.8, 4) is 0 Å². The first-order chi connectivity index (χ1) is 8.16. The number of benzene rings is 1. The molecule has 1 saturated heterocycles. The molecule has 0 aromatic heterocycles. The first-order valence-electron chi connectivity index (χ1n) is 5.48. The van der Waals surface area contributed by atoms with Crippen molar-refractivity contribution in [1.29, 1.82) is 0 Å². The Labute approximate surface area is 104 Å². The average Bonchev–Trinajstić information content (AvgIpc) is 2.34. The lowest BCUT2D eigenvalue weighted by Gasteiger charge is -2.27. The van der Waals surface area contributed by atoms with E-state index >= 15 is 0 Å². The lowest BCUT2D eigenvalue weighted by atomic mass is 10.0. The Hall–Kier alpha value is -0.680. The zero-order chi connectivity index (χ0) is 12.3. The molecule has 0 radical (unpaired) electrons. The fourth-order valence-electron chi connectivity index (χ4n) is 1.77. The van der Waals surface area contributed by atoms with E-state index in [4.69, 9.17) is 21.1 Å². The molecule has 2 atom stereocenters. The molecule has 1 aliphatic heterocycles. The molecule has 3 nitrogen and oxygen atoms in total. The van der Waals surface area contributed by atoms with Crippen LogP contribution in [0.1, 0.15) is 5.56 Å². The summed E-state index contributed by atoms with van der Waals surface area (Å²) in [6, 6.07) is 4.41. The molecule has 94 valence electrons. The maximum atomic E-state index is 13.5. The van der Waals surface area contributed by atoms with Gasteiger partial charge in [-0.3, -0.25) is 0 Å². The minimum absolute atomic E-state index is 0.191. The molecular formula is C12H14ClFO3. The molecule has 1 N–H and O–H groups in total. The van der Waals surface area contributed by atoms with Crippen molar-refractivity contribution in [2.45, 2.75) is 18.6 Å². The van der Waals surface area contributed by atoms with Gasteiger partial charge in [-0.05, 0) is 17.7 Å². The van der Waals surface area contributed by atoms with Crippen LogP contribution in [0.25, 0.3) is 0 Å². The minimum Gasteiger partial charge on any atom is -0.390 e. The number of aliphatic hydroxyl groups is 1. The summed E-state index contributed by atoms with van der Waals surface area (Å²) >= 11 is 5.65. The van der Waals surface area contributed by atoms with Crippen LogP contribution in [0.4, 0.5) is 4.39 Å². The second kappa shape index (κ2) is 5.78. The monoisotopic (exact) mass is 260 g/mol. The molecule has 1 aromatic rings. The van der Waals surface area contributed by atoms with Crippen LogP contribution in [0.5, 0.6) is 0 Å². The molecule has 0 amide bonds. The van der Waals surface area contributed by atoms with Gasteiger partial charge >= 0.3 is 0 Å². The van der Waals surface area contributed by atoms with Gasteiger partial charge in [0.05, 0.1) is 25.9 Å². The Morgan fingerprint density at radius 2 is 2.29 bits per heavy atom. The van der Waals surface area contributed by atoms with E-state index in [0.717, 1.165) is 0 Å². The summed E-state index contributed by atoms with van der Waals surface area (Å²) in [4.78, 5) is 0. The Morgan fingerprint density at radius 3 is 2.94 bits per heavy atom.